The van der Waals surface area contributed by atoms with Crippen LogP contribution in [-0.2, 0) is 18.9 Å². The quantitative estimate of drug-likeness (QED) is 0.725. The molecule has 17 heavy (non-hydrogen) atoms. The van der Waals surface area contributed by atoms with Gasteiger partial charge in [0, 0.05) is 11.8 Å². The van der Waals surface area contributed by atoms with Crippen molar-refractivity contribution in [2.75, 3.05) is 38.4 Å². The van der Waals surface area contributed by atoms with Gasteiger partial charge in [-0.1, -0.05) is 15.9 Å². The highest BCUT2D eigenvalue weighted by Gasteiger charge is 2.30. The molecule has 2 rings (SSSR count). The zero-order valence-corrected chi connectivity index (χ0v) is 11.7. The van der Waals surface area contributed by atoms with Gasteiger partial charge in [0.1, 0.15) is 0 Å². The summed E-state index contributed by atoms with van der Waals surface area (Å²) in [7, 11) is 0. The molecule has 5 heteroatoms. The molecule has 0 saturated carbocycles. The van der Waals surface area contributed by atoms with Gasteiger partial charge in [0.05, 0.1) is 51.3 Å². The molecule has 2 aliphatic rings. The summed E-state index contributed by atoms with van der Waals surface area (Å²) in [6.45, 7) is 3.51. The zero-order chi connectivity index (χ0) is 11.9. The lowest BCUT2D eigenvalue weighted by Gasteiger charge is -2.35. The molecule has 0 aromatic heterocycles. The second-order valence-corrected chi connectivity index (χ2v) is 5.25. The van der Waals surface area contributed by atoms with Crippen molar-refractivity contribution in [1.82, 2.24) is 0 Å². The summed E-state index contributed by atoms with van der Waals surface area (Å²) in [5.41, 5.74) is 0. The Labute approximate surface area is 111 Å². The average molecular weight is 309 g/mol. The maximum Gasteiger partial charge on any atom is 0.0863 e. The number of hydrogen-bond acceptors (Lipinski definition) is 4. The smallest absolute Gasteiger partial charge is 0.0863 e. The maximum absolute atomic E-state index is 5.81. The van der Waals surface area contributed by atoms with Crippen LogP contribution in [0.2, 0.25) is 0 Å². The Hall–Kier alpha value is 0.320. The number of halogens is 1. The lowest BCUT2D eigenvalue weighted by molar-refractivity contribution is -0.169. The summed E-state index contributed by atoms with van der Waals surface area (Å²) in [5.74, 6) is 0. The van der Waals surface area contributed by atoms with Crippen molar-refractivity contribution >= 4 is 15.9 Å². The third kappa shape index (κ3) is 4.48. The average Bonchev–Trinajstić information content (AvgIpc) is 2.39. The number of alkyl halides is 1. The van der Waals surface area contributed by atoms with Gasteiger partial charge >= 0.3 is 0 Å². The van der Waals surface area contributed by atoms with Crippen molar-refractivity contribution in [1.29, 1.82) is 0 Å². The van der Waals surface area contributed by atoms with E-state index < -0.39 is 0 Å². The van der Waals surface area contributed by atoms with E-state index >= 15 is 0 Å². The van der Waals surface area contributed by atoms with Crippen LogP contribution >= 0.6 is 15.9 Å². The van der Waals surface area contributed by atoms with E-state index in [9.17, 15) is 0 Å². The van der Waals surface area contributed by atoms with Crippen LogP contribution in [-0.4, -0.2) is 56.7 Å². The molecule has 4 nitrogen and oxygen atoms in total. The van der Waals surface area contributed by atoms with Gasteiger partial charge in [-0.05, 0) is 12.8 Å². The van der Waals surface area contributed by atoms with Crippen molar-refractivity contribution in [3.63, 3.8) is 0 Å². The van der Waals surface area contributed by atoms with Gasteiger partial charge in [0.25, 0.3) is 0 Å². The van der Waals surface area contributed by atoms with Gasteiger partial charge < -0.3 is 18.9 Å². The molecule has 0 aliphatic carbocycles. The molecular weight excluding hydrogens is 288 g/mol. The normalized spacial score (nSPS) is 34.8. The summed E-state index contributed by atoms with van der Waals surface area (Å²) in [5, 5.41) is 1.02. The fourth-order valence-electron chi connectivity index (χ4n) is 2.31. The summed E-state index contributed by atoms with van der Waals surface area (Å²) < 4.78 is 22.7. The summed E-state index contributed by atoms with van der Waals surface area (Å²) in [4.78, 5) is 0. The maximum atomic E-state index is 5.81. The Morgan fingerprint density at radius 1 is 0.941 bits per heavy atom. The third-order valence-electron chi connectivity index (χ3n) is 3.16. The van der Waals surface area contributed by atoms with Gasteiger partial charge in [-0.25, -0.2) is 0 Å². The minimum absolute atomic E-state index is 0.162. The summed E-state index contributed by atoms with van der Waals surface area (Å²) in [6.07, 6.45) is 3.59. The van der Waals surface area contributed by atoms with Gasteiger partial charge in [0.15, 0.2) is 0 Å². The Kier molecular flexibility index (Phi) is 6.22. The van der Waals surface area contributed by atoms with Gasteiger partial charge in [-0.2, -0.15) is 0 Å². The Balaban J connectivity index is 1.78. The van der Waals surface area contributed by atoms with Crippen molar-refractivity contribution in [3.05, 3.63) is 0 Å². The van der Waals surface area contributed by atoms with E-state index in [-0.39, 0.29) is 18.3 Å². The van der Waals surface area contributed by atoms with Gasteiger partial charge in [-0.3, -0.25) is 0 Å². The Morgan fingerprint density at radius 3 is 2.41 bits per heavy atom. The second-order valence-electron chi connectivity index (χ2n) is 4.45. The van der Waals surface area contributed by atoms with E-state index in [0.717, 1.165) is 24.6 Å². The molecule has 2 aliphatic heterocycles. The Morgan fingerprint density at radius 2 is 1.71 bits per heavy atom. The fourth-order valence-corrected chi connectivity index (χ4v) is 2.64. The first-order valence-electron chi connectivity index (χ1n) is 6.38. The van der Waals surface area contributed by atoms with E-state index in [1.54, 1.807) is 0 Å². The van der Waals surface area contributed by atoms with Crippen LogP contribution in [0, 0.1) is 0 Å². The van der Waals surface area contributed by atoms with Crippen LogP contribution in [0.5, 0.6) is 0 Å². The SMILES string of the molecule is BrCCCC1OCCOC1CC1COCCO1. The second kappa shape index (κ2) is 7.69. The van der Waals surface area contributed by atoms with Crippen LogP contribution in [0.4, 0.5) is 0 Å². The molecule has 3 atom stereocenters. The Bertz CT molecular complexity index is 209. The highest BCUT2D eigenvalue weighted by Crippen LogP contribution is 2.21. The van der Waals surface area contributed by atoms with E-state index in [4.69, 9.17) is 18.9 Å². The third-order valence-corrected chi connectivity index (χ3v) is 3.73. The van der Waals surface area contributed by atoms with Crippen molar-refractivity contribution in [2.45, 2.75) is 37.6 Å². The predicted molar refractivity (Wildman–Crippen MR) is 67.7 cm³/mol. The standard InChI is InChI=1S/C12H21BrO4/c13-3-1-2-11-12(17-7-6-16-11)8-10-9-14-4-5-15-10/h10-12H,1-9H2. The number of hydrogen-bond donors (Lipinski definition) is 0. The molecule has 0 N–H and O–H groups in total. The minimum Gasteiger partial charge on any atom is -0.376 e. The molecule has 0 bridgehead atoms. The first-order chi connectivity index (χ1) is 8.40. The molecule has 2 fully saturated rings. The minimum atomic E-state index is 0.162. The van der Waals surface area contributed by atoms with E-state index in [0.29, 0.717) is 33.0 Å². The van der Waals surface area contributed by atoms with Crippen LogP contribution in [0.15, 0.2) is 0 Å². The van der Waals surface area contributed by atoms with Crippen LogP contribution in [0.1, 0.15) is 19.3 Å². The first-order valence-corrected chi connectivity index (χ1v) is 7.51. The molecule has 2 heterocycles. The van der Waals surface area contributed by atoms with Gasteiger partial charge in [-0.15, -0.1) is 0 Å². The molecule has 3 unspecified atom stereocenters. The molecule has 2 saturated heterocycles. The summed E-state index contributed by atoms with van der Waals surface area (Å²) >= 11 is 3.45. The predicted octanol–water partition coefficient (Wildman–Crippen LogP) is 1.75. The van der Waals surface area contributed by atoms with E-state index in [1.165, 1.54) is 0 Å². The fraction of sp³-hybridized carbons (Fsp3) is 1.00. The van der Waals surface area contributed by atoms with Crippen LogP contribution in [0.25, 0.3) is 0 Å². The van der Waals surface area contributed by atoms with Crippen molar-refractivity contribution < 1.29 is 18.9 Å². The lowest BCUT2D eigenvalue weighted by atomic mass is 10.0. The first kappa shape index (κ1) is 13.7. The molecule has 0 radical (unpaired) electrons. The lowest BCUT2D eigenvalue weighted by Crippen LogP contribution is -2.43. The number of ether oxygens (including phenoxy) is 4. The van der Waals surface area contributed by atoms with Crippen molar-refractivity contribution in [3.8, 4) is 0 Å². The molecule has 0 aromatic carbocycles. The van der Waals surface area contributed by atoms with Crippen LogP contribution < -0.4 is 0 Å². The highest BCUT2D eigenvalue weighted by atomic mass is 79.9. The summed E-state index contributed by atoms with van der Waals surface area (Å²) in [6, 6.07) is 0. The number of rotatable bonds is 5. The molecular formula is C12H21BrO4. The van der Waals surface area contributed by atoms with Crippen LogP contribution in [0.3, 0.4) is 0 Å². The van der Waals surface area contributed by atoms with Gasteiger partial charge in [0.2, 0.25) is 0 Å². The molecule has 0 amide bonds. The largest absolute Gasteiger partial charge is 0.376 e. The van der Waals surface area contributed by atoms with Crippen molar-refractivity contribution in [2.24, 2.45) is 0 Å². The topological polar surface area (TPSA) is 36.9 Å². The highest BCUT2D eigenvalue weighted by molar-refractivity contribution is 9.09. The van der Waals surface area contributed by atoms with E-state index in [1.807, 2.05) is 0 Å². The monoisotopic (exact) mass is 308 g/mol. The molecule has 0 aromatic rings. The van der Waals surface area contributed by atoms with E-state index in [2.05, 4.69) is 15.9 Å². The molecule has 100 valence electrons. The molecule has 0 spiro atoms. The zero-order valence-electron chi connectivity index (χ0n) is 10.1.